The molecule has 1 aliphatic heterocycles. The fraction of sp³-hybridized carbons (Fsp3) is 1.00. The second kappa shape index (κ2) is 4.70. The molecule has 0 aliphatic carbocycles. The van der Waals surface area contributed by atoms with Crippen LogP contribution in [0.25, 0.3) is 0 Å². The molecule has 11 heavy (non-hydrogen) atoms. The minimum absolute atomic E-state index is 0.136. The van der Waals surface area contributed by atoms with Gasteiger partial charge in [-0.2, -0.15) is 0 Å². The maximum atomic E-state index is 9.19. The fourth-order valence-corrected chi connectivity index (χ4v) is 1.01. The topological polar surface area (TPSA) is 41.5 Å². The average molecular weight is 159 g/mol. The molecule has 1 rings (SSSR count). The summed E-state index contributed by atoms with van der Waals surface area (Å²) in [6.45, 7) is 4.57. The zero-order valence-corrected chi connectivity index (χ0v) is 7.05. The van der Waals surface area contributed by atoms with Crippen molar-refractivity contribution in [1.29, 1.82) is 0 Å². The summed E-state index contributed by atoms with van der Waals surface area (Å²) < 4.78 is 4.99. The van der Waals surface area contributed by atoms with Crippen LogP contribution in [0.4, 0.5) is 0 Å². The Labute approximate surface area is 67.7 Å². The molecule has 1 saturated heterocycles. The van der Waals surface area contributed by atoms with Gasteiger partial charge in [0.05, 0.1) is 25.4 Å². The van der Waals surface area contributed by atoms with Gasteiger partial charge >= 0.3 is 0 Å². The van der Waals surface area contributed by atoms with Crippen molar-refractivity contribution in [3.63, 3.8) is 0 Å². The van der Waals surface area contributed by atoms with E-state index in [1.165, 1.54) is 0 Å². The Morgan fingerprint density at radius 3 is 2.82 bits per heavy atom. The largest absolute Gasteiger partial charge is 0.393 e. The van der Waals surface area contributed by atoms with E-state index in [2.05, 4.69) is 5.32 Å². The Morgan fingerprint density at radius 1 is 1.64 bits per heavy atom. The summed E-state index contributed by atoms with van der Waals surface area (Å²) in [7, 11) is 0. The molecule has 1 heterocycles. The second-order valence-corrected chi connectivity index (χ2v) is 3.04. The zero-order chi connectivity index (χ0) is 8.10. The van der Waals surface area contributed by atoms with Gasteiger partial charge < -0.3 is 15.2 Å². The van der Waals surface area contributed by atoms with E-state index in [0.29, 0.717) is 6.04 Å². The van der Waals surface area contributed by atoms with Crippen molar-refractivity contribution < 1.29 is 9.84 Å². The smallest absolute Gasteiger partial charge is 0.0643 e. The SMILES string of the molecule is CCC(O)CCNC1COC1. The fourth-order valence-electron chi connectivity index (χ4n) is 1.01. The summed E-state index contributed by atoms with van der Waals surface area (Å²) in [4.78, 5) is 0. The van der Waals surface area contributed by atoms with Crippen LogP contribution in [0.5, 0.6) is 0 Å². The third kappa shape index (κ3) is 3.18. The Balaban J connectivity index is 1.86. The van der Waals surface area contributed by atoms with Crippen LogP contribution < -0.4 is 5.32 Å². The molecule has 0 saturated carbocycles. The molecule has 1 aliphatic rings. The van der Waals surface area contributed by atoms with Gasteiger partial charge in [0.25, 0.3) is 0 Å². The molecule has 0 aromatic heterocycles. The van der Waals surface area contributed by atoms with Crippen molar-refractivity contribution >= 4 is 0 Å². The van der Waals surface area contributed by atoms with E-state index in [4.69, 9.17) is 4.74 Å². The maximum absolute atomic E-state index is 9.19. The standard InChI is InChI=1S/C8H17NO2/c1-2-8(10)3-4-9-7-5-11-6-7/h7-10H,2-6H2,1H3. The first-order valence-corrected chi connectivity index (χ1v) is 4.32. The normalized spacial score (nSPS) is 21.3. The number of aliphatic hydroxyl groups is 1. The van der Waals surface area contributed by atoms with Gasteiger partial charge in [-0.15, -0.1) is 0 Å². The summed E-state index contributed by atoms with van der Waals surface area (Å²) in [6, 6.07) is 0.541. The average Bonchev–Trinajstić information content (AvgIpc) is 1.94. The molecular formula is C8H17NO2. The summed E-state index contributed by atoms with van der Waals surface area (Å²) in [5, 5.41) is 12.5. The molecule has 3 heteroatoms. The van der Waals surface area contributed by atoms with Crippen LogP contribution >= 0.6 is 0 Å². The van der Waals surface area contributed by atoms with Gasteiger partial charge in [-0.3, -0.25) is 0 Å². The maximum Gasteiger partial charge on any atom is 0.0643 e. The van der Waals surface area contributed by atoms with E-state index in [1.54, 1.807) is 0 Å². The molecule has 3 nitrogen and oxygen atoms in total. The number of ether oxygens (including phenoxy) is 1. The molecule has 1 unspecified atom stereocenters. The number of nitrogens with one attached hydrogen (secondary N) is 1. The predicted molar refractivity (Wildman–Crippen MR) is 43.5 cm³/mol. The summed E-state index contributed by atoms with van der Waals surface area (Å²) in [5.74, 6) is 0. The molecule has 0 spiro atoms. The molecule has 0 radical (unpaired) electrons. The minimum atomic E-state index is -0.136. The number of aliphatic hydroxyl groups excluding tert-OH is 1. The van der Waals surface area contributed by atoms with Crippen molar-refractivity contribution in [1.82, 2.24) is 5.32 Å². The molecular weight excluding hydrogens is 142 g/mol. The Morgan fingerprint density at radius 2 is 2.36 bits per heavy atom. The van der Waals surface area contributed by atoms with Crippen LogP contribution in [0.15, 0.2) is 0 Å². The highest BCUT2D eigenvalue weighted by Crippen LogP contribution is 2.00. The summed E-state index contributed by atoms with van der Waals surface area (Å²) in [5.41, 5.74) is 0. The number of hydrogen-bond donors (Lipinski definition) is 2. The van der Waals surface area contributed by atoms with E-state index in [0.717, 1.165) is 32.6 Å². The minimum Gasteiger partial charge on any atom is -0.393 e. The molecule has 66 valence electrons. The highest BCUT2D eigenvalue weighted by molar-refractivity contribution is 4.72. The summed E-state index contributed by atoms with van der Waals surface area (Å²) >= 11 is 0. The Hall–Kier alpha value is -0.120. The van der Waals surface area contributed by atoms with Crippen LogP contribution in [0, 0.1) is 0 Å². The molecule has 0 aromatic carbocycles. The van der Waals surface area contributed by atoms with Crippen molar-refractivity contribution in [3.8, 4) is 0 Å². The van der Waals surface area contributed by atoms with Gasteiger partial charge in [0.1, 0.15) is 0 Å². The van der Waals surface area contributed by atoms with Gasteiger partial charge in [-0.1, -0.05) is 6.92 Å². The third-order valence-electron chi connectivity index (χ3n) is 2.02. The first-order valence-electron chi connectivity index (χ1n) is 4.32. The lowest BCUT2D eigenvalue weighted by atomic mass is 10.2. The first kappa shape index (κ1) is 8.97. The molecule has 1 fully saturated rings. The van der Waals surface area contributed by atoms with Crippen molar-refractivity contribution in [2.24, 2.45) is 0 Å². The van der Waals surface area contributed by atoms with Crippen molar-refractivity contribution in [2.45, 2.75) is 31.9 Å². The van der Waals surface area contributed by atoms with Crippen molar-refractivity contribution in [2.75, 3.05) is 19.8 Å². The van der Waals surface area contributed by atoms with Gasteiger partial charge in [-0.25, -0.2) is 0 Å². The van der Waals surface area contributed by atoms with Crippen molar-refractivity contribution in [3.05, 3.63) is 0 Å². The lowest BCUT2D eigenvalue weighted by Gasteiger charge is -2.27. The molecule has 0 amide bonds. The molecule has 2 N–H and O–H groups in total. The van der Waals surface area contributed by atoms with E-state index >= 15 is 0 Å². The Kier molecular flexibility index (Phi) is 3.83. The van der Waals surface area contributed by atoms with E-state index in [9.17, 15) is 5.11 Å². The monoisotopic (exact) mass is 159 g/mol. The van der Waals surface area contributed by atoms with Crippen LogP contribution in [-0.4, -0.2) is 37.0 Å². The second-order valence-electron chi connectivity index (χ2n) is 3.04. The summed E-state index contributed by atoms with van der Waals surface area (Å²) in [6.07, 6.45) is 1.57. The van der Waals surface area contributed by atoms with Crippen LogP contribution in [0.2, 0.25) is 0 Å². The highest BCUT2D eigenvalue weighted by Gasteiger charge is 2.16. The lowest BCUT2D eigenvalue weighted by Crippen LogP contribution is -2.46. The van der Waals surface area contributed by atoms with E-state index in [1.807, 2.05) is 6.92 Å². The molecule has 0 aromatic rings. The zero-order valence-electron chi connectivity index (χ0n) is 7.05. The van der Waals surface area contributed by atoms with Gasteiger partial charge in [-0.05, 0) is 19.4 Å². The van der Waals surface area contributed by atoms with E-state index < -0.39 is 0 Å². The van der Waals surface area contributed by atoms with E-state index in [-0.39, 0.29) is 6.10 Å². The Bertz CT molecular complexity index is 99.5. The van der Waals surface area contributed by atoms with Crippen LogP contribution in [-0.2, 0) is 4.74 Å². The van der Waals surface area contributed by atoms with Crippen LogP contribution in [0.1, 0.15) is 19.8 Å². The highest BCUT2D eigenvalue weighted by atomic mass is 16.5. The van der Waals surface area contributed by atoms with Gasteiger partial charge in [0, 0.05) is 0 Å². The quantitative estimate of drug-likeness (QED) is 0.599. The third-order valence-corrected chi connectivity index (χ3v) is 2.02. The van der Waals surface area contributed by atoms with Gasteiger partial charge in [0.15, 0.2) is 0 Å². The molecule has 0 bridgehead atoms. The van der Waals surface area contributed by atoms with Crippen LogP contribution in [0.3, 0.4) is 0 Å². The lowest BCUT2D eigenvalue weighted by molar-refractivity contribution is -0.00627. The number of hydrogen-bond acceptors (Lipinski definition) is 3. The number of rotatable bonds is 5. The molecule has 1 atom stereocenters. The van der Waals surface area contributed by atoms with Gasteiger partial charge in [0.2, 0.25) is 0 Å². The predicted octanol–water partition coefficient (Wildman–Crippen LogP) is 0.136. The first-order chi connectivity index (χ1) is 5.33.